The van der Waals surface area contributed by atoms with Gasteiger partial charge in [0.15, 0.2) is 0 Å². The zero-order valence-electron chi connectivity index (χ0n) is 17.4. The van der Waals surface area contributed by atoms with Gasteiger partial charge in [-0.05, 0) is 56.4 Å². The number of carbonyl (C=O) groups is 3. The van der Waals surface area contributed by atoms with Gasteiger partial charge in [-0.3, -0.25) is 14.4 Å². The molecule has 0 unspecified atom stereocenters. The summed E-state index contributed by atoms with van der Waals surface area (Å²) in [6, 6.07) is 0.207. The van der Waals surface area contributed by atoms with Crippen LogP contribution in [0.4, 0.5) is 5.00 Å². The van der Waals surface area contributed by atoms with Crippen LogP contribution in [0.25, 0.3) is 0 Å². The van der Waals surface area contributed by atoms with E-state index in [0.29, 0.717) is 29.3 Å². The molecular weight excluding hydrogens is 400 g/mol. The molecule has 7 heteroatoms. The summed E-state index contributed by atoms with van der Waals surface area (Å²) in [5.41, 5.74) is 1.68. The summed E-state index contributed by atoms with van der Waals surface area (Å²) in [5.74, 6) is -2.11. The SMILES string of the molecule is C[C@H]1CCc2c(sc(NC(=O)[C@H]3CC=CC[C@@H]3C(=O)O)c2C(=O)NC2CCCC2)C1. The highest BCUT2D eigenvalue weighted by molar-refractivity contribution is 7.17. The topological polar surface area (TPSA) is 95.5 Å². The molecule has 3 aliphatic rings. The third-order valence-electron chi connectivity index (χ3n) is 6.75. The summed E-state index contributed by atoms with van der Waals surface area (Å²) < 4.78 is 0. The number of hydrogen-bond donors (Lipinski definition) is 3. The Labute approximate surface area is 181 Å². The zero-order valence-corrected chi connectivity index (χ0v) is 18.2. The molecule has 30 heavy (non-hydrogen) atoms. The molecule has 0 aliphatic heterocycles. The fraction of sp³-hybridized carbons (Fsp3) is 0.609. The van der Waals surface area contributed by atoms with Crippen LogP contribution in [0.15, 0.2) is 12.2 Å². The van der Waals surface area contributed by atoms with Gasteiger partial charge in [0.1, 0.15) is 5.00 Å². The molecule has 6 nitrogen and oxygen atoms in total. The molecule has 0 radical (unpaired) electrons. The highest BCUT2D eigenvalue weighted by atomic mass is 32.1. The summed E-state index contributed by atoms with van der Waals surface area (Å²) in [5, 5.41) is 16.2. The third-order valence-corrected chi connectivity index (χ3v) is 7.92. The van der Waals surface area contributed by atoms with Gasteiger partial charge in [-0.15, -0.1) is 11.3 Å². The average Bonchev–Trinajstić information content (AvgIpc) is 3.34. The number of allylic oxidation sites excluding steroid dienone is 2. The van der Waals surface area contributed by atoms with Crippen molar-refractivity contribution in [2.45, 2.75) is 70.8 Å². The first-order chi connectivity index (χ1) is 14.4. The minimum atomic E-state index is -0.946. The fourth-order valence-corrected chi connectivity index (χ4v) is 6.40. The van der Waals surface area contributed by atoms with Crippen LogP contribution in [-0.2, 0) is 22.4 Å². The molecule has 0 spiro atoms. The number of fused-ring (bicyclic) bond motifs is 1. The Morgan fingerprint density at radius 1 is 1.07 bits per heavy atom. The van der Waals surface area contributed by atoms with Crippen molar-refractivity contribution >= 4 is 34.1 Å². The second kappa shape index (κ2) is 8.92. The smallest absolute Gasteiger partial charge is 0.307 e. The molecule has 1 heterocycles. The summed E-state index contributed by atoms with van der Waals surface area (Å²) >= 11 is 1.50. The quantitative estimate of drug-likeness (QED) is 0.612. The largest absolute Gasteiger partial charge is 0.481 e. The summed E-state index contributed by atoms with van der Waals surface area (Å²) in [4.78, 5) is 39.0. The van der Waals surface area contributed by atoms with Crippen molar-refractivity contribution in [3.8, 4) is 0 Å². The van der Waals surface area contributed by atoms with Gasteiger partial charge in [-0.25, -0.2) is 0 Å². The molecule has 162 valence electrons. The van der Waals surface area contributed by atoms with Gasteiger partial charge >= 0.3 is 5.97 Å². The predicted molar refractivity (Wildman–Crippen MR) is 117 cm³/mol. The van der Waals surface area contributed by atoms with Crippen molar-refractivity contribution in [2.75, 3.05) is 5.32 Å². The highest BCUT2D eigenvalue weighted by Gasteiger charge is 2.36. The number of thiophene rings is 1. The maximum Gasteiger partial charge on any atom is 0.307 e. The lowest BCUT2D eigenvalue weighted by Crippen LogP contribution is -2.36. The van der Waals surface area contributed by atoms with Crippen LogP contribution in [0.5, 0.6) is 0 Å². The molecule has 1 aromatic rings. The number of hydrogen-bond acceptors (Lipinski definition) is 4. The van der Waals surface area contributed by atoms with Gasteiger partial charge in [0.2, 0.25) is 5.91 Å². The molecule has 4 rings (SSSR count). The van der Waals surface area contributed by atoms with E-state index in [9.17, 15) is 19.5 Å². The Morgan fingerprint density at radius 3 is 2.47 bits per heavy atom. The summed E-state index contributed by atoms with van der Waals surface area (Å²) in [7, 11) is 0. The molecule has 0 saturated heterocycles. The first-order valence-corrected chi connectivity index (χ1v) is 11.9. The Bertz CT molecular complexity index is 869. The standard InChI is InChI=1S/C23H30N2O4S/c1-13-10-11-17-18(12-13)30-22(19(17)21(27)24-14-6-2-3-7-14)25-20(26)15-8-4-5-9-16(15)23(28)29/h4-5,13-16H,2-3,6-12H2,1H3,(H,24,27)(H,25,26)(H,28,29)/t13-,15-,16-/m0/s1. The molecule has 1 aromatic heterocycles. The maximum atomic E-state index is 13.2. The van der Waals surface area contributed by atoms with Crippen molar-refractivity contribution in [1.82, 2.24) is 5.32 Å². The zero-order chi connectivity index (χ0) is 21.3. The first-order valence-electron chi connectivity index (χ1n) is 11.1. The Morgan fingerprint density at radius 2 is 1.77 bits per heavy atom. The van der Waals surface area contributed by atoms with Gasteiger partial charge in [0.25, 0.3) is 5.91 Å². The van der Waals surface area contributed by atoms with Gasteiger partial charge in [-0.1, -0.05) is 31.9 Å². The minimum absolute atomic E-state index is 0.0948. The van der Waals surface area contributed by atoms with Gasteiger partial charge < -0.3 is 15.7 Å². The number of anilines is 1. The van der Waals surface area contributed by atoms with E-state index in [1.165, 1.54) is 16.2 Å². The Hall–Kier alpha value is -2.15. The average molecular weight is 431 g/mol. The van der Waals surface area contributed by atoms with Crippen molar-refractivity contribution in [1.29, 1.82) is 0 Å². The van der Waals surface area contributed by atoms with Crippen molar-refractivity contribution in [2.24, 2.45) is 17.8 Å². The number of carboxylic acids is 1. The molecule has 3 aliphatic carbocycles. The summed E-state index contributed by atoms with van der Waals surface area (Å²) in [6.45, 7) is 2.21. The molecule has 1 saturated carbocycles. The van der Waals surface area contributed by atoms with Crippen LogP contribution in [0.1, 0.15) is 72.7 Å². The highest BCUT2D eigenvalue weighted by Crippen LogP contribution is 2.40. The molecule has 0 aromatic carbocycles. The van der Waals surface area contributed by atoms with Gasteiger partial charge in [0, 0.05) is 10.9 Å². The van der Waals surface area contributed by atoms with Gasteiger partial charge in [0.05, 0.1) is 17.4 Å². The molecule has 3 atom stereocenters. The molecule has 3 N–H and O–H groups in total. The number of amides is 2. The molecule has 1 fully saturated rings. The third kappa shape index (κ3) is 4.31. The van der Waals surface area contributed by atoms with E-state index in [4.69, 9.17) is 0 Å². The number of carboxylic acid groups (broad SMARTS) is 1. The fourth-order valence-electron chi connectivity index (χ4n) is 4.99. The maximum absolute atomic E-state index is 13.2. The summed E-state index contributed by atoms with van der Waals surface area (Å²) in [6.07, 6.45) is 11.6. The number of carbonyl (C=O) groups excluding carboxylic acids is 2. The van der Waals surface area contributed by atoms with E-state index in [1.54, 1.807) is 0 Å². The number of nitrogens with one attached hydrogen (secondary N) is 2. The normalized spacial score (nSPS) is 26.2. The second-order valence-corrected chi connectivity index (χ2v) is 10.1. The van der Waals surface area contributed by atoms with E-state index in [-0.39, 0.29) is 17.9 Å². The minimum Gasteiger partial charge on any atom is -0.481 e. The molecule has 2 amide bonds. The Balaban J connectivity index is 1.60. The van der Waals surface area contributed by atoms with E-state index >= 15 is 0 Å². The van der Waals surface area contributed by atoms with Gasteiger partial charge in [-0.2, -0.15) is 0 Å². The predicted octanol–water partition coefficient (Wildman–Crippen LogP) is 4.15. The van der Waals surface area contributed by atoms with Crippen LogP contribution < -0.4 is 10.6 Å². The lowest BCUT2D eigenvalue weighted by atomic mass is 9.82. The van der Waals surface area contributed by atoms with Crippen molar-refractivity contribution in [3.63, 3.8) is 0 Å². The van der Waals surface area contributed by atoms with E-state index in [1.807, 2.05) is 12.2 Å². The van der Waals surface area contributed by atoms with E-state index in [2.05, 4.69) is 17.6 Å². The number of rotatable bonds is 5. The van der Waals surface area contributed by atoms with E-state index in [0.717, 1.165) is 50.5 Å². The van der Waals surface area contributed by atoms with E-state index < -0.39 is 17.8 Å². The molecular formula is C23H30N2O4S. The lowest BCUT2D eigenvalue weighted by molar-refractivity contribution is -0.146. The van der Waals surface area contributed by atoms with Crippen LogP contribution in [0.2, 0.25) is 0 Å². The second-order valence-electron chi connectivity index (χ2n) is 8.99. The van der Waals surface area contributed by atoms with Crippen LogP contribution in [-0.4, -0.2) is 28.9 Å². The number of aliphatic carboxylic acids is 1. The van der Waals surface area contributed by atoms with Crippen molar-refractivity contribution in [3.05, 3.63) is 28.2 Å². The van der Waals surface area contributed by atoms with Crippen LogP contribution in [0, 0.1) is 17.8 Å². The monoisotopic (exact) mass is 430 g/mol. The first kappa shape index (κ1) is 21.1. The van der Waals surface area contributed by atoms with Crippen LogP contribution in [0.3, 0.4) is 0 Å². The lowest BCUT2D eigenvalue weighted by Gasteiger charge is -2.24. The van der Waals surface area contributed by atoms with Crippen LogP contribution >= 0.6 is 11.3 Å². The van der Waals surface area contributed by atoms with Crippen molar-refractivity contribution < 1.29 is 19.5 Å². The molecule has 0 bridgehead atoms. The Kier molecular flexibility index (Phi) is 6.27.